The van der Waals surface area contributed by atoms with Gasteiger partial charge < -0.3 is 15.7 Å². The summed E-state index contributed by atoms with van der Waals surface area (Å²) in [5, 5.41) is 28.9. The highest BCUT2D eigenvalue weighted by molar-refractivity contribution is 5.92. The fraction of sp³-hybridized carbons (Fsp3) is 0.429. The Bertz CT molecular complexity index is 1490. The third kappa shape index (κ3) is 6.35. The number of rotatable bonds is 7. The molecule has 0 spiro atoms. The largest absolute Gasteiger partial charge is 0.392 e. The van der Waals surface area contributed by atoms with E-state index in [9.17, 15) is 9.90 Å². The monoisotopic (exact) mass is 544 g/mol. The Kier molecular flexibility index (Phi) is 7.63. The molecule has 0 saturated heterocycles. The number of anilines is 2. The zero-order valence-electron chi connectivity index (χ0n) is 23.5. The van der Waals surface area contributed by atoms with Crippen LogP contribution in [0, 0.1) is 0 Å². The normalized spacial score (nSPS) is 16.7. The van der Waals surface area contributed by atoms with E-state index < -0.39 is 6.10 Å². The van der Waals surface area contributed by atoms with Crippen LogP contribution in [0.25, 0.3) is 11.3 Å². The second-order valence-corrected chi connectivity index (χ2v) is 11.3. The summed E-state index contributed by atoms with van der Waals surface area (Å²) < 4.78 is 3.40. The van der Waals surface area contributed by atoms with Crippen LogP contribution in [0.2, 0.25) is 0 Å². The lowest BCUT2D eigenvalue weighted by molar-refractivity contribution is 0.0921. The van der Waals surface area contributed by atoms with Crippen LogP contribution in [0.1, 0.15) is 61.8 Å². The van der Waals surface area contributed by atoms with Crippen molar-refractivity contribution in [3.8, 4) is 11.3 Å². The van der Waals surface area contributed by atoms with Gasteiger partial charge in [-0.1, -0.05) is 17.3 Å². The molecule has 4 heterocycles. The average molecular weight is 545 g/mol. The summed E-state index contributed by atoms with van der Waals surface area (Å²) in [6, 6.07) is 7.85. The first-order valence-electron chi connectivity index (χ1n) is 13.4. The lowest BCUT2D eigenvalue weighted by atomic mass is 9.96. The molecule has 2 atom stereocenters. The van der Waals surface area contributed by atoms with Crippen LogP contribution in [0.3, 0.4) is 0 Å². The van der Waals surface area contributed by atoms with Crippen LogP contribution in [0.4, 0.5) is 11.6 Å². The Morgan fingerprint density at radius 3 is 2.75 bits per heavy atom. The summed E-state index contributed by atoms with van der Waals surface area (Å²) in [7, 11) is 1.85. The number of aliphatic hydroxyl groups excluding tert-OH is 1. The van der Waals surface area contributed by atoms with Gasteiger partial charge in [0.25, 0.3) is 5.91 Å². The van der Waals surface area contributed by atoms with E-state index in [1.807, 2.05) is 46.1 Å². The van der Waals surface area contributed by atoms with Gasteiger partial charge in [-0.2, -0.15) is 5.10 Å². The molecule has 5 rings (SSSR count). The van der Waals surface area contributed by atoms with Crippen LogP contribution in [-0.4, -0.2) is 69.8 Å². The summed E-state index contributed by atoms with van der Waals surface area (Å²) in [4.78, 5) is 24.5. The summed E-state index contributed by atoms with van der Waals surface area (Å²) >= 11 is 0. The van der Waals surface area contributed by atoms with E-state index in [2.05, 4.69) is 48.1 Å². The van der Waals surface area contributed by atoms with Gasteiger partial charge in [-0.05, 0) is 57.4 Å². The maximum atomic E-state index is 13.2. The molecule has 1 aliphatic heterocycles. The number of fused-ring (bicyclic) bond motifs is 1. The summed E-state index contributed by atoms with van der Waals surface area (Å²) in [6.45, 7) is 9.72. The van der Waals surface area contributed by atoms with Crippen molar-refractivity contribution >= 4 is 17.5 Å². The summed E-state index contributed by atoms with van der Waals surface area (Å²) in [5.41, 5.74) is 4.63. The molecule has 40 heavy (non-hydrogen) atoms. The number of aromatic nitrogens is 7. The van der Waals surface area contributed by atoms with Crippen molar-refractivity contribution in [1.29, 1.82) is 0 Å². The van der Waals surface area contributed by atoms with Gasteiger partial charge in [0, 0.05) is 44.6 Å². The number of aliphatic hydroxyl groups is 1. The zero-order chi connectivity index (χ0) is 28.4. The number of hydrogen-bond donors (Lipinski definition) is 3. The van der Waals surface area contributed by atoms with Gasteiger partial charge in [0.1, 0.15) is 0 Å². The lowest BCUT2D eigenvalue weighted by Gasteiger charge is -2.22. The molecular formula is C28H36N10O2. The Morgan fingerprint density at radius 2 is 2.05 bits per heavy atom. The highest BCUT2D eigenvalue weighted by Gasteiger charge is 2.27. The fourth-order valence-corrected chi connectivity index (χ4v) is 4.83. The molecule has 3 N–H and O–H groups in total. The minimum Gasteiger partial charge on any atom is -0.392 e. The molecule has 12 nitrogen and oxygen atoms in total. The van der Waals surface area contributed by atoms with Crippen LogP contribution in [-0.2, 0) is 19.1 Å². The number of hydrogen-bond acceptors (Lipinski definition) is 9. The predicted octanol–water partition coefficient (Wildman–Crippen LogP) is 3.02. The quantitative estimate of drug-likeness (QED) is 0.320. The predicted molar refractivity (Wildman–Crippen MR) is 151 cm³/mol. The van der Waals surface area contributed by atoms with Crippen molar-refractivity contribution in [1.82, 2.24) is 45.0 Å². The number of amides is 1. The molecule has 210 valence electrons. The summed E-state index contributed by atoms with van der Waals surface area (Å²) in [6.07, 6.45) is 7.21. The molecule has 1 amide bonds. The van der Waals surface area contributed by atoms with Crippen LogP contribution < -0.4 is 10.6 Å². The molecule has 3 aromatic heterocycles. The first-order valence-corrected chi connectivity index (χ1v) is 13.4. The maximum Gasteiger partial charge on any atom is 0.273 e. The van der Waals surface area contributed by atoms with Crippen molar-refractivity contribution in [3.63, 3.8) is 0 Å². The Balaban J connectivity index is 1.42. The smallest absolute Gasteiger partial charge is 0.273 e. The fourth-order valence-electron chi connectivity index (χ4n) is 4.83. The molecule has 0 radical (unpaired) electrons. The second kappa shape index (κ2) is 11.1. The Labute approximate surface area is 233 Å². The standard InChI is InChI=1S/C28H36N10O2/c1-18(39)14-37-11-9-24(32-26(40)25-17-38(35-34-25)28(2,3)4)22-7-6-19(12-20(22)15-37)23-8-10-29-27(33-23)31-21-13-30-36(5)16-21/h6-8,10,12-13,16-18,24,39H,9,11,14-15H2,1-5H3,(H,32,40)(H,29,31,33)/t18?,24-/m0/s1. The molecule has 0 aliphatic carbocycles. The van der Waals surface area contributed by atoms with E-state index in [1.54, 1.807) is 34.9 Å². The van der Waals surface area contributed by atoms with Gasteiger partial charge >= 0.3 is 0 Å². The first kappa shape index (κ1) is 27.4. The first-order chi connectivity index (χ1) is 19.0. The van der Waals surface area contributed by atoms with Gasteiger partial charge in [0.15, 0.2) is 5.69 Å². The number of benzene rings is 1. The van der Waals surface area contributed by atoms with E-state index in [4.69, 9.17) is 4.98 Å². The van der Waals surface area contributed by atoms with Crippen molar-refractivity contribution < 1.29 is 9.90 Å². The van der Waals surface area contributed by atoms with Crippen LogP contribution in [0.5, 0.6) is 0 Å². The third-order valence-electron chi connectivity index (χ3n) is 6.80. The van der Waals surface area contributed by atoms with E-state index in [0.717, 1.165) is 34.6 Å². The molecule has 1 aromatic carbocycles. The highest BCUT2D eigenvalue weighted by atomic mass is 16.3. The van der Waals surface area contributed by atoms with Crippen LogP contribution >= 0.6 is 0 Å². The highest BCUT2D eigenvalue weighted by Crippen LogP contribution is 2.31. The van der Waals surface area contributed by atoms with Gasteiger partial charge in [-0.3, -0.25) is 14.4 Å². The molecule has 0 fully saturated rings. The van der Waals surface area contributed by atoms with Crippen molar-refractivity contribution in [2.75, 3.05) is 18.4 Å². The van der Waals surface area contributed by atoms with Gasteiger partial charge in [0.2, 0.25) is 5.95 Å². The number of nitrogens with zero attached hydrogens (tertiary/aromatic N) is 8. The van der Waals surface area contributed by atoms with Gasteiger partial charge in [0.05, 0.1) is 41.5 Å². The van der Waals surface area contributed by atoms with Crippen molar-refractivity contribution in [2.45, 2.75) is 58.3 Å². The molecule has 1 unspecified atom stereocenters. The molecular weight excluding hydrogens is 508 g/mol. The third-order valence-corrected chi connectivity index (χ3v) is 6.80. The SMILES string of the molecule is CC(O)CN1CC[C@H](NC(=O)c2cn(C(C)(C)C)nn2)c2ccc(-c3ccnc(Nc4cnn(C)c4)n3)cc2C1. The van der Waals surface area contributed by atoms with Crippen molar-refractivity contribution in [2.24, 2.45) is 7.05 Å². The number of nitrogens with one attached hydrogen (secondary N) is 2. The van der Waals surface area contributed by atoms with E-state index in [-0.39, 0.29) is 23.2 Å². The Hall–Kier alpha value is -4.16. The van der Waals surface area contributed by atoms with E-state index in [0.29, 0.717) is 25.5 Å². The molecule has 4 aromatic rings. The topological polar surface area (TPSA) is 139 Å². The van der Waals surface area contributed by atoms with Gasteiger partial charge in [-0.15, -0.1) is 5.10 Å². The van der Waals surface area contributed by atoms with Crippen LogP contribution in [0.15, 0.2) is 49.1 Å². The number of β-amino-alcohol motifs (C(OH)–C–C–N with tert-alkyl or cyclic N) is 1. The minimum atomic E-state index is -0.465. The minimum absolute atomic E-state index is 0.219. The van der Waals surface area contributed by atoms with Crippen molar-refractivity contribution in [3.05, 3.63) is 65.9 Å². The number of aryl methyl sites for hydroxylation is 1. The molecule has 0 bridgehead atoms. The second-order valence-electron chi connectivity index (χ2n) is 11.3. The molecule has 12 heteroatoms. The molecule has 0 saturated carbocycles. The summed E-state index contributed by atoms with van der Waals surface area (Å²) in [5.74, 6) is 0.214. The molecule has 1 aliphatic rings. The Morgan fingerprint density at radius 1 is 1.23 bits per heavy atom. The average Bonchev–Trinajstić information content (AvgIpc) is 3.52. The number of carbonyl (C=O) groups excluding carboxylic acids is 1. The van der Waals surface area contributed by atoms with Gasteiger partial charge in [-0.25, -0.2) is 14.6 Å². The lowest BCUT2D eigenvalue weighted by Crippen LogP contribution is -2.32. The van der Waals surface area contributed by atoms with E-state index >= 15 is 0 Å². The van der Waals surface area contributed by atoms with E-state index in [1.165, 1.54) is 0 Å². The maximum absolute atomic E-state index is 13.2. The number of carbonyl (C=O) groups is 1. The zero-order valence-corrected chi connectivity index (χ0v) is 23.5.